The predicted octanol–water partition coefficient (Wildman–Crippen LogP) is 3.12. The van der Waals surface area contributed by atoms with Crippen molar-refractivity contribution in [2.45, 2.75) is 27.2 Å². The van der Waals surface area contributed by atoms with Crippen molar-refractivity contribution in [3.8, 4) is 0 Å². The first-order chi connectivity index (χ1) is 4.93. The maximum absolute atomic E-state index is 3.96. The summed E-state index contributed by atoms with van der Waals surface area (Å²) in [6, 6.07) is 4.03. The van der Waals surface area contributed by atoms with E-state index in [-0.39, 0.29) is 40.1 Å². The van der Waals surface area contributed by atoms with E-state index in [1.54, 1.807) is 6.20 Å². The zero-order valence-electron chi connectivity index (χ0n) is 8.54. The van der Waals surface area contributed by atoms with E-state index in [0.29, 0.717) is 0 Å². The van der Waals surface area contributed by atoms with Gasteiger partial charge in [-0.05, 0) is 18.1 Å². The van der Waals surface area contributed by atoms with E-state index < -0.39 is 0 Å². The third-order valence-electron chi connectivity index (χ3n) is 1.13. The monoisotopic (exact) mass is 241 g/mol. The van der Waals surface area contributed by atoms with Gasteiger partial charge in [-0.1, -0.05) is 26.8 Å². The van der Waals surface area contributed by atoms with Crippen molar-refractivity contribution in [1.29, 1.82) is 0 Å². The Morgan fingerprint density at radius 2 is 1.92 bits per heavy atom. The number of nitrogens with zero attached hydrogens (tertiary/aromatic N) is 1. The second-order valence-corrected chi connectivity index (χ2v) is 1.71. The van der Waals surface area contributed by atoms with Crippen LogP contribution in [0.25, 0.3) is 0 Å². The van der Waals surface area contributed by atoms with Crippen LogP contribution in [-0.4, -0.2) is 4.98 Å². The number of hydrogen-bond donors (Lipinski definition) is 0. The van der Waals surface area contributed by atoms with E-state index in [9.17, 15) is 0 Å². The fourth-order valence-corrected chi connectivity index (χ4v) is 0.607. The molecule has 67 valence electrons. The van der Waals surface area contributed by atoms with Gasteiger partial charge in [-0.2, -0.15) is 0 Å². The zero-order chi connectivity index (χ0) is 7.82. The Kier molecular flexibility index (Phi) is 20.9. The summed E-state index contributed by atoms with van der Waals surface area (Å²) in [7, 11) is 0. The largest absolute Gasteiger partial charge is 0.358 e. The topological polar surface area (TPSA) is 12.9 Å². The third-order valence-corrected chi connectivity index (χ3v) is 1.13. The van der Waals surface area contributed by atoms with Gasteiger partial charge in [0.15, 0.2) is 0 Å². The third kappa shape index (κ3) is 8.35. The molecule has 12 heavy (non-hydrogen) atoms. The number of hydrogen-bond acceptors (Lipinski definition) is 1. The van der Waals surface area contributed by atoms with Crippen molar-refractivity contribution >= 4 is 0 Å². The van der Waals surface area contributed by atoms with Gasteiger partial charge in [-0.25, -0.2) is 0 Å². The summed E-state index contributed by atoms with van der Waals surface area (Å²) < 4.78 is 0. The van der Waals surface area contributed by atoms with Crippen molar-refractivity contribution in [3.05, 3.63) is 37.5 Å². The van der Waals surface area contributed by atoms with E-state index in [0.717, 1.165) is 6.42 Å². The molecule has 0 aliphatic rings. The van der Waals surface area contributed by atoms with Crippen LogP contribution < -0.4 is 0 Å². The average molecular weight is 241 g/mol. The molecule has 1 rings (SSSR count). The second kappa shape index (κ2) is 13.8. The molecule has 0 aromatic carbocycles. The number of pyridine rings is 1. The summed E-state index contributed by atoms with van der Waals surface area (Å²) in [6.07, 6.45) is 4.76. The van der Waals surface area contributed by atoms with Crippen LogP contribution >= 0.6 is 0 Å². The Bertz CT molecular complexity index is 151. The molecule has 0 amide bonds. The number of rotatable bonds is 1. The molecular weight excluding hydrogens is 223 g/mol. The minimum absolute atomic E-state index is 0. The normalized spacial score (nSPS) is 6.58. The van der Waals surface area contributed by atoms with Gasteiger partial charge in [-0.15, -0.1) is 0 Å². The van der Waals surface area contributed by atoms with Crippen LogP contribution in [0.4, 0.5) is 0 Å². The maximum Gasteiger partial charge on any atom is 0.0299 e. The molecule has 1 radical (unpaired) electrons. The Labute approximate surface area is 102 Å². The molecule has 0 unspecified atom stereocenters. The molecule has 2 heteroatoms. The first-order valence-corrected chi connectivity index (χ1v) is 3.82. The molecule has 1 heterocycles. The van der Waals surface area contributed by atoms with Crippen molar-refractivity contribution in [1.82, 2.24) is 4.98 Å². The quantitative estimate of drug-likeness (QED) is 0.688. The van der Waals surface area contributed by atoms with Gasteiger partial charge < -0.3 is 7.43 Å². The SMILES string of the molecule is CC.CCc1cccnc1.[CH3-].[Y]. The van der Waals surface area contributed by atoms with Crippen LogP contribution in [0.1, 0.15) is 26.3 Å². The van der Waals surface area contributed by atoms with Crippen LogP contribution in [-0.2, 0) is 39.1 Å². The van der Waals surface area contributed by atoms with Crippen LogP contribution in [0.5, 0.6) is 0 Å². The van der Waals surface area contributed by atoms with Crippen LogP contribution in [0, 0.1) is 7.43 Å². The molecule has 0 atom stereocenters. The summed E-state index contributed by atoms with van der Waals surface area (Å²) in [5.74, 6) is 0. The van der Waals surface area contributed by atoms with Crippen molar-refractivity contribution in [3.63, 3.8) is 0 Å². The molecule has 0 aliphatic heterocycles. The molecule has 0 spiro atoms. The van der Waals surface area contributed by atoms with E-state index in [2.05, 4.69) is 18.0 Å². The number of aromatic nitrogens is 1. The molecule has 0 saturated heterocycles. The zero-order valence-corrected chi connectivity index (χ0v) is 11.4. The summed E-state index contributed by atoms with van der Waals surface area (Å²) in [4.78, 5) is 3.96. The Balaban J connectivity index is -0.000000189. The van der Waals surface area contributed by atoms with Gasteiger partial charge >= 0.3 is 0 Å². The van der Waals surface area contributed by atoms with Gasteiger partial charge in [0.2, 0.25) is 0 Å². The van der Waals surface area contributed by atoms with Crippen LogP contribution in [0.3, 0.4) is 0 Å². The van der Waals surface area contributed by atoms with Crippen LogP contribution in [0.15, 0.2) is 24.5 Å². The molecule has 0 aliphatic carbocycles. The minimum Gasteiger partial charge on any atom is -0.358 e. The van der Waals surface area contributed by atoms with E-state index in [4.69, 9.17) is 0 Å². The van der Waals surface area contributed by atoms with E-state index >= 15 is 0 Å². The molecule has 1 nitrogen and oxygen atoms in total. The Hall–Kier alpha value is 0.254. The van der Waals surface area contributed by atoms with Crippen molar-refractivity contribution in [2.24, 2.45) is 0 Å². The molecule has 0 fully saturated rings. The Morgan fingerprint density at radius 1 is 1.33 bits per heavy atom. The standard InChI is InChI=1S/C7H9N.C2H6.CH3.Y/c1-2-7-4-3-5-8-6-7;1-2;;/h3-6H,2H2,1H3;1-2H3;1H3;/q;;-1;. The Morgan fingerprint density at radius 3 is 2.17 bits per heavy atom. The molecule has 0 saturated carbocycles. The van der Waals surface area contributed by atoms with Gasteiger partial charge in [0.05, 0.1) is 0 Å². The van der Waals surface area contributed by atoms with E-state index in [1.807, 2.05) is 26.1 Å². The first kappa shape index (κ1) is 18.1. The van der Waals surface area contributed by atoms with Gasteiger partial charge in [0, 0.05) is 45.1 Å². The van der Waals surface area contributed by atoms with Crippen LogP contribution in [0.2, 0.25) is 0 Å². The smallest absolute Gasteiger partial charge is 0.0299 e. The molecule has 1 aromatic rings. The van der Waals surface area contributed by atoms with Crippen molar-refractivity contribution in [2.75, 3.05) is 0 Å². The fourth-order valence-electron chi connectivity index (χ4n) is 0.607. The summed E-state index contributed by atoms with van der Waals surface area (Å²) >= 11 is 0. The molecule has 0 bridgehead atoms. The summed E-state index contributed by atoms with van der Waals surface area (Å²) in [5.41, 5.74) is 1.30. The molecular formula is C10H18NY-. The van der Waals surface area contributed by atoms with Gasteiger partial charge in [-0.3, -0.25) is 4.98 Å². The summed E-state index contributed by atoms with van der Waals surface area (Å²) in [5, 5.41) is 0. The fraction of sp³-hybridized carbons (Fsp3) is 0.400. The minimum atomic E-state index is 0. The van der Waals surface area contributed by atoms with Crippen molar-refractivity contribution < 1.29 is 32.7 Å². The van der Waals surface area contributed by atoms with Gasteiger partial charge in [0.25, 0.3) is 0 Å². The average Bonchev–Trinajstić information content (AvgIpc) is 2.10. The predicted molar refractivity (Wildman–Crippen MR) is 51.4 cm³/mol. The van der Waals surface area contributed by atoms with Gasteiger partial charge in [0.1, 0.15) is 0 Å². The van der Waals surface area contributed by atoms with E-state index in [1.165, 1.54) is 5.56 Å². The summed E-state index contributed by atoms with van der Waals surface area (Å²) in [6.45, 7) is 6.12. The first-order valence-electron chi connectivity index (χ1n) is 3.82. The molecule has 1 aromatic heterocycles. The maximum atomic E-state index is 3.96. The number of aryl methyl sites for hydroxylation is 1. The molecule has 0 N–H and O–H groups in total. The second-order valence-electron chi connectivity index (χ2n) is 1.71.